The van der Waals surface area contributed by atoms with Crippen LogP contribution < -0.4 is 4.90 Å². The van der Waals surface area contributed by atoms with Gasteiger partial charge in [0.15, 0.2) is 0 Å². The Bertz CT molecular complexity index is 282. The monoisotopic (exact) mass is 196 g/mol. The van der Waals surface area contributed by atoms with E-state index in [2.05, 4.69) is 9.88 Å². The molecule has 1 aliphatic rings. The summed E-state index contributed by atoms with van der Waals surface area (Å²) in [5, 5.41) is 0.768. The van der Waals surface area contributed by atoms with Crippen molar-refractivity contribution < 1.29 is 0 Å². The third-order valence-corrected chi connectivity index (χ3v) is 2.74. The molecular formula is C10H13ClN2. The van der Waals surface area contributed by atoms with Crippen molar-refractivity contribution in [1.29, 1.82) is 0 Å². The average molecular weight is 197 g/mol. The van der Waals surface area contributed by atoms with Crippen LogP contribution in [-0.2, 0) is 0 Å². The van der Waals surface area contributed by atoms with Crippen LogP contribution in [-0.4, -0.2) is 18.1 Å². The number of hydrogen-bond donors (Lipinski definition) is 0. The molecule has 0 aliphatic carbocycles. The summed E-state index contributed by atoms with van der Waals surface area (Å²) in [6, 6.07) is 1.99. The van der Waals surface area contributed by atoms with Crippen LogP contribution >= 0.6 is 11.6 Å². The summed E-state index contributed by atoms with van der Waals surface area (Å²) < 4.78 is 0. The van der Waals surface area contributed by atoms with Crippen LogP contribution in [0.1, 0.15) is 19.3 Å². The molecule has 2 nitrogen and oxygen atoms in total. The first-order valence-corrected chi connectivity index (χ1v) is 5.10. The maximum Gasteiger partial charge on any atom is 0.0822 e. The van der Waals surface area contributed by atoms with Gasteiger partial charge in [0.1, 0.15) is 0 Å². The minimum atomic E-state index is 0.768. The van der Waals surface area contributed by atoms with E-state index in [1.54, 1.807) is 12.4 Å². The van der Waals surface area contributed by atoms with Gasteiger partial charge in [0, 0.05) is 25.5 Å². The fraction of sp³-hybridized carbons (Fsp3) is 0.500. The van der Waals surface area contributed by atoms with E-state index in [9.17, 15) is 0 Å². The van der Waals surface area contributed by atoms with Crippen molar-refractivity contribution in [3.8, 4) is 0 Å². The quantitative estimate of drug-likeness (QED) is 0.687. The van der Waals surface area contributed by atoms with E-state index in [1.165, 1.54) is 19.3 Å². The van der Waals surface area contributed by atoms with Gasteiger partial charge in [-0.05, 0) is 25.3 Å². The van der Waals surface area contributed by atoms with Crippen molar-refractivity contribution in [2.75, 3.05) is 18.0 Å². The largest absolute Gasteiger partial charge is 0.370 e. The molecule has 0 N–H and O–H groups in total. The zero-order valence-electron chi connectivity index (χ0n) is 7.54. The molecule has 2 rings (SSSR count). The lowest BCUT2D eigenvalue weighted by molar-refractivity contribution is 0.578. The lowest BCUT2D eigenvalue weighted by Crippen LogP contribution is -2.29. The van der Waals surface area contributed by atoms with E-state index >= 15 is 0 Å². The molecule has 1 aromatic heterocycles. The highest BCUT2D eigenvalue weighted by Gasteiger charge is 2.12. The molecule has 13 heavy (non-hydrogen) atoms. The lowest BCUT2D eigenvalue weighted by atomic mass is 10.1. The second-order valence-corrected chi connectivity index (χ2v) is 3.78. The Morgan fingerprint density at radius 3 is 2.69 bits per heavy atom. The molecule has 0 aromatic carbocycles. The van der Waals surface area contributed by atoms with E-state index in [0.717, 1.165) is 23.8 Å². The van der Waals surface area contributed by atoms with Crippen molar-refractivity contribution >= 4 is 17.3 Å². The molecule has 1 aromatic rings. The van der Waals surface area contributed by atoms with Gasteiger partial charge in [-0.1, -0.05) is 11.6 Å². The predicted molar refractivity (Wildman–Crippen MR) is 55.3 cm³/mol. The van der Waals surface area contributed by atoms with Crippen LogP contribution in [0.3, 0.4) is 0 Å². The molecule has 0 bridgehead atoms. The highest BCUT2D eigenvalue weighted by Crippen LogP contribution is 2.26. The Hall–Kier alpha value is -0.760. The van der Waals surface area contributed by atoms with Gasteiger partial charge in [0.2, 0.25) is 0 Å². The molecule has 1 fully saturated rings. The summed E-state index contributed by atoms with van der Waals surface area (Å²) in [4.78, 5) is 6.32. The summed E-state index contributed by atoms with van der Waals surface area (Å²) in [5.41, 5.74) is 1.14. The van der Waals surface area contributed by atoms with Gasteiger partial charge in [0.25, 0.3) is 0 Å². The number of halogens is 1. The number of rotatable bonds is 1. The zero-order valence-corrected chi connectivity index (χ0v) is 8.30. The molecule has 70 valence electrons. The van der Waals surface area contributed by atoms with E-state index in [1.807, 2.05) is 6.07 Å². The standard InChI is InChI=1S/C10H13ClN2/c11-9-8-12-5-4-10(9)13-6-2-1-3-7-13/h4-5,8H,1-3,6-7H2. The van der Waals surface area contributed by atoms with Gasteiger partial charge < -0.3 is 4.90 Å². The van der Waals surface area contributed by atoms with Crippen molar-refractivity contribution in [3.05, 3.63) is 23.5 Å². The summed E-state index contributed by atoms with van der Waals surface area (Å²) in [7, 11) is 0. The van der Waals surface area contributed by atoms with E-state index in [-0.39, 0.29) is 0 Å². The van der Waals surface area contributed by atoms with Gasteiger partial charge in [-0.3, -0.25) is 4.98 Å². The minimum Gasteiger partial charge on any atom is -0.370 e. The molecule has 0 atom stereocenters. The predicted octanol–water partition coefficient (Wildman–Crippen LogP) is 2.73. The highest BCUT2D eigenvalue weighted by molar-refractivity contribution is 6.33. The fourth-order valence-corrected chi connectivity index (χ4v) is 2.00. The van der Waals surface area contributed by atoms with Crippen LogP contribution in [0.25, 0.3) is 0 Å². The molecule has 0 radical (unpaired) electrons. The molecule has 0 saturated carbocycles. The third-order valence-electron chi connectivity index (χ3n) is 2.45. The van der Waals surface area contributed by atoms with Crippen molar-refractivity contribution in [2.24, 2.45) is 0 Å². The first-order chi connectivity index (χ1) is 6.38. The van der Waals surface area contributed by atoms with Gasteiger partial charge >= 0.3 is 0 Å². The molecule has 3 heteroatoms. The summed E-state index contributed by atoms with van der Waals surface area (Å²) in [5.74, 6) is 0. The smallest absolute Gasteiger partial charge is 0.0822 e. The maximum atomic E-state index is 6.05. The number of anilines is 1. The number of pyridine rings is 1. The molecular weight excluding hydrogens is 184 g/mol. The van der Waals surface area contributed by atoms with E-state index in [4.69, 9.17) is 11.6 Å². The van der Waals surface area contributed by atoms with Crippen molar-refractivity contribution in [2.45, 2.75) is 19.3 Å². The number of aromatic nitrogens is 1. The Balaban J connectivity index is 2.18. The zero-order chi connectivity index (χ0) is 9.10. The fourth-order valence-electron chi connectivity index (χ4n) is 1.76. The van der Waals surface area contributed by atoms with Crippen LogP contribution in [0.15, 0.2) is 18.5 Å². The van der Waals surface area contributed by atoms with Gasteiger partial charge in [0.05, 0.1) is 10.7 Å². The molecule has 1 aliphatic heterocycles. The lowest BCUT2D eigenvalue weighted by Gasteiger charge is -2.29. The van der Waals surface area contributed by atoms with Crippen LogP contribution in [0.5, 0.6) is 0 Å². The third kappa shape index (κ3) is 1.94. The van der Waals surface area contributed by atoms with Gasteiger partial charge in [-0.15, -0.1) is 0 Å². The van der Waals surface area contributed by atoms with Gasteiger partial charge in [-0.25, -0.2) is 0 Å². The molecule has 0 unspecified atom stereocenters. The van der Waals surface area contributed by atoms with Crippen molar-refractivity contribution in [1.82, 2.24) is 4.98 Å². The number of nitrogens with zero attached hydrogens (tertiary/aromatic N) is 2. The Kier molecular flexibility index (Phi) is 2.69. The maximum absolute atomic E-state index is 6.05. The normalized spacial score (nSPS) is 17.5. The number of hydrogen-bond acceptors (Lipinski definition) is 2. The number of piperidine rings is 1. The molecule has 1 saturated heterocycles. The van der Waals surface area contributed by atoms with E-state index < -0.39 is 0 Å². The SMILES string of the molecule is Clc1cnccc1N1CCCCC1. The van der Waals surface area contributed by atoms with Gasteiger partial charge in [-0.2, -0.15) is 0 Å². The van der Waals surface area contributed by atoms with E-state index in [0.29, 0.717) is 0 Å². The molecule has 0 spiro atoms. The average Bonchev–Trinajstić information content (AvgIpc) is 2.20. The Morgan fingerprint density at radius 1 is 1.23 bits per heavy atom. The van der Waals surface area contributed by atoms with Crippen LogP contribution in [0.4, 0.5) is 5.69 Å². The van der Waals surface area contributed by atoms with Crippen LogP contribution in [0.2, 0.25) is 5.02 Å². The first-order valence-electron chi connectivity index (χ1n) is 4.72. The second kappa shape index (κ2) is 3.97. The summed E-state index contributed by atoms with van der Waals surface area (Å²) in [6.45, 7) is 2.26. The Morgan fingerprint density at radius 2 is 2.00 bits per heavy atom. The highest BCUT2D eigenvalue weighted by atomic mass is 35.5. The minimum absolute atomic E-state index is 0.768. The first kappa shape index (κ1) is 8.82. The second-order valence-electron chi connectivity index (χ2n) is 3.37. The summed E-state index contributed by atoms with van der Waals surface area (Å²) >= 11 is 6.05. The molecule has 0 amide bonds. The molecule has 2 heterocycles. The summed E-state index contributed by atoms with van der Waals surface area (Å²) in [6.07, 6.45) is 7.41. The Labute approximate surface area is 83.5 Å². The van der Waals surface area contributed by atoms with Crippen molar-refractivity contribution in [3.63, 3.8) is 0 Å². The van der Waals surface area contributed by atoms with Crippen LogP contribution in [0, 0.1) is 0 Å². The topological polar surface area (TPSA) is 16.1 Å².